The van der Waals surface area contributed by atoms with Crippen LogP contribution in [0.4, 0.5) is 0 Å². The number of nitrogens with zero attached hydrogens (tertiary/aromatic N) is 2. The van der Waals surface area contributed by atoms with Crippen molar-refractivity contribution in [1.82, 2.24) is 9.80 Å². The molecule has 1 atom stereocenters. The number of piperidine rings is 1. The molecule has 0 radical (unpaired) electrons. The number of likely N-dealkylation sites (tertiary alicyclic amines) is 1. The highest BCUT2D eigenvalue weighted by Crippen LogP contribution is 2.31. The lowest BCUT2D eigenvalue weighted by Crippen LogP contribution is -2.47. The third kappa shape index (κ3) is 3.49. The lowest BCUT2D eigenvalue weighted by molar-refractivity contribution is -0.146. The lowest BCUT2D eigenvalue weighted by Gasteiger charge is -2.37. The highest BCUT2D eigenvalue weighted by molar-refractivity contribution is 5.87. The Bertz CT molecular complexity index is 722. The Morgan fingerprint density at radius 1 is 1.15 bits per heavy atom. The number of ether oxygens (including phenoxy) is 1. The highest BCUT2D eigenvalue weighted by atomic mass is 16.5. The first-order valence-corrected chi connectivity index (χ1v) is 8.91. The first-order valence-electron chi connectivity index (χ1n) is 8.91. The van der Waals surface area contributed by atoms with Gasteiger partial charge in [0.1, 0.15) is 0 Å². The Morgan fingerprint density at radius 2 is 1.85 bits per heavy atom. The standard InChI is InChI=1S/C20H24N2O4/c1-3-18(23)21-10-8-14(9-11-21)19(24)22-12-15-6-4-5-7-16(15)17(13-22)20(25)26-2/h3-7,14,17H,1,8-13H2,2H3. The van der Waals surface area contributed by atoms with Crippen LogP contribution in [0.25, 0.3) is 0 Å². The molecule has 0 bridgehead atoms. The molecule has 1 unspecified atom stereocenters. The number of carbonyl (C=O) groups is 3. The molecule has 0 N–H and O–H groups in total. The number of amides is 2. The molecule has 2 aliphatic heterocycles. The van der Waals surface area contributed by atoms with E-state index in [9.17, 15) is 14.4 Å². The van der Waals surface area contributed by atoms with Crippen LogP contribution in [0.2, 0.25) is 0 Å². The van der Waals surface area contributed by atoms with Crippen LogP contribution in [-0.2, 0) is 25.7 Å². The number of benzene rings is 1. The smallest absolute Gasteiger partial charge is 0.314 e. The molecule has 6 nitrogen and oxygen atoms in total. The Hall–Kier alpha value is -2.63. The van der Waals surface area contributed by atoms with Crippen molar-refractivity contribution in [3.8, 4) is 0 Å². The zero-order valence-corrected chi connectivity index (χ0v) is 15.0. The molecule has 1 aromatic carbocycles. The summed E-state index contributed by atoms with van der Waals surface area (Å²) in [7, 11) is 1.37. The molecule has 2 heterocycles. The summed E-state index contributed by atoms with van der Waals surface area (Å²) in [5, 5.41) is 0. The van der Waals surface area contributed by atoms with Crippen molar-refractivity contribution in [2.45, 2.75) is 25.3 Å². The zero-order valence-electron chi connectivity index (χ0n) is 15.0. The molecular formula is C20H24N2O4. The van der Waals surface area contributed by atoms with Crippen molar-refractivity contribution in [3.05, 3.63) is 48.0 Å². The van der Waals surface area contributed by atoms with Gasteiger partial charge in [-0.15, -0.1) is 0 Å². The molecule has 6 heteroatoms. The summed E-state index contributed by atoms with van der Waals surface area (Å²) in [4.78, 5) is 40.4. The number of rotatable bonds is 3. The maximum atomic E-state index is 13.0. The average Bonchev–Trinajstić information content (AvgIpc) is 2.71. The van der Waals surface area contributed by atoms with Crippen molar-refractivity contribution < 1.29 is 19.1 Å². The van der Waals surface area contributed by atoms with Gasteiger partial charge in [0.05, 0.1) is 13.0 Å². The van der Waals surface area contributed by atoms with Crippen molar-refractivity contribution in [3.63, 3.8) is 0 Å². The number of methoxy groups -OCH3 is 1. The fraction of sp³-hybridized carbons (Fsp3) is 0.450. The van der Waals surface area contributed by atoms with Gasteiger partial charge in [-0.25, -0.2) is 0 Å². The molecule has 138 valence electrons. The molecular weight excluding hydrogens is 332 g/mol. The van der Waals surface area contributed by atoms with Crippen LogP contribution in [0, 0.1) is 5.92 Å². The summed E-state index contributed by atoms with van der Waals surface area (Å²) in [5.74, 6) is -0.919. The minimum Gasteiger partial charge on any atom is -0.468 e. The molecule has 1 fully saturated rings. The summed E-state index contributed by atoms with van der Waals surface area (Å²) in [6, 6.07) is 7.70. The molecule has 0 spiro atoms. The van der Waals surface area contributed by atoms with E-state index in [2.05, 4.69) is 6.58 Å². The molecule has 0 aliphatic carbocycles. The Morgan fingerprint density at radius 3 is 2.50 bits per heavy atom. The molecule has 0 saturated carbocycles. The van der Waals surface area contributed by atoms with E-state index >= 15 is 0 Å². The minimum atomic E-state index is -0.448. The third-order valence-electron chi connectivity index (χ3n) is 5.32. The van der Waals surface area contributed by atoms with E-state index in [1.54, 1.807) is 9.80 Å². The number of esters is 1. The van der Waals surface area contributed by atoms with Crippen molar-refractivity contribution in [1.29, 1.82) is 0 Å². The monoisotopic (exact) mass is 356 g/mol. The maximum absolute atomic E-state index is 13.0. The van der Waals surface area contributed by atoms with E-state index < -0.39 is 5.92 Å². The van der Waals surface area contributed by atoms with Crippen molar-refractivity contribution in [2.24, 2.45) is 5.92 Å². The van der Waals surface area contributed by atoms with E-state index in [1.165, 1.54) is 13.2 Å². The second-order valence-electron chi connectivity index (χ2n) is 6.80. The summed E-state index contributed by atoms with van der Waals surface area (Å²) in [5.41, 5.74) is 1.93. The third-order valence-corrected chi connectivity index (χ3v) is 5.32. The predicted octanol–water partition coefficient (Wildman–Crippen LogP) is 1.71. The topological polar surface area (TPSA) is 66.9 Å². The summed E-state index contributed by atoms with van der Waals surface area (Å²) in [6.07, 6.45) is 2.59. The summed E-state index contributed by atoms with van der Waals surface area (Å²) < 4.78 is 4.94. The number of hydrogen-bond acceptors (Lipinski definition) is 4. The SMILES string of the molecule is C=CC(=O)N1CCC(C(=O)N2Cc3ccccc3C(C(=O)OC)C2)CC1. The fourth-order valence-electron chi connectivity index (χ4n) is 3.85. The van der Waals surface area contributed by atoms with Gasteiger partial charge in [0.2, 0.25) is 11.8 Å². The zero-order chi connectivity index (χ0) is 18.7. The highest BCUT2D eigenvalue weighted by Gasteiger charge is 2.36. The normalized spacial score (nSPS) is 20.3. The van der Waals surface area contributed by atoms with Crippen LogP contribution in [0.3, 0.4) is 0 Å². The molecule has 0 aromatic heterocycles. The second-order valence-corrected chi connectivity index (χ2v) is 6.80. The maximum Gasteiger partial charge on any atom is 0.314 e. The number of fused-ring (bicyclic) bond motifs is 1. The van der Waals surface area contributed by atoms with Crippen molar-refractivity contribution >= 4 is 17.8 Å². The van der Waals surface area contributed by atoms with Crippen molar-refractivity contribution in [2.75, 3.05) is 26.7 Å². The van der Waals surface area contributed by atoms with Gasteiger partial charge < -0.3 is 14.5 Å². The van der Waals surface area contributed by atoms with E-state index in [0.29, 0.717) is 39.0 Å². The molecule has 3 rings (SSSR count). The van der Waals surface area contributed by atoms with E-state index in [-0.39, 0.29) is 23.7 Å². The van der Waals surface area contributed by atoms with E-state index in [4.69, 9.17) is 4.74 Å². The Kier molecular flexibility index (Phi) is 5.40. The quantitative estimate of drug-likeness (QED) is 0.611. The molecule has 1 saturated heterocycles. The average molecular weight is 356 g/mol. The van der Waals surface area contributed by atoms with Gasteiger partial charge in [0, 0.05) is 32.1 Å². The van der Waals surface area contributed by atoms with Gasteiger partial charge in [-0.2, -0.15) is 0 Å². The lowest BCUT2D eigenvalue weighted by atomic mass is 9.88. The minimum absolute atomic E-state index is 0.0547. The molecule has 2 amide bonds. The van der Waals surface area contributed by atoms with Gasteiger partial charge in [0.25, 0.3) is 0 Å². The molecule has 1 aromatic rings. The van der Waals surface area contributed by atoms with Crippen LogP contribution in [-0.4, -0.2) is 54.3 Å². The Balaban J connectivity index is 1.72. The van der Waals surface area contributed by atoms with E-state index in [1.807, 2.05) is 24.3 Å². The molecule has 2 aliphatic rings. The van der Waals surface area contributed by atoms with Crippen LogP contribution in [0.15, 0.2) is 36.9 Å². The predicted molar refractivity (Wildman–Crippen MR) is 96.1 cm³/mol. The Labute approximate surface area is 153 Å². The fourth-order valence-corrected chi connectivity index (χ4v) is 3.85. The number of hydrogen-bond donors (Lipinski definition) is 0. The number of carbonyl (C=O) groups excluding carboxylic acids is 3. The van der Waals surface area contributed by atoms with Crippen LogP contribution in [0.5, 0.6) is 0 Å². The van der Waals surface area contributed by atoms with Gasteiger partial charge in [-0.1, -0.05) is 30.8 Å². The van der Waals surface area contributed by atoms with Gasteiger partial charge in [-0.05, 0) is 30.0 Å². The second kappa shape index (κ2) is 7.72. The first-order chi connectivity index (χ1) is 12.5. The van der Waals surface area contributed by atoms with Gasteiger partial charge >= 0.3 is 5.97 Å². The van der Waals surface area contributed by atoms with Crippen LogP contribution >= 0.6 is 0 Å². The van der Waals surface area contributed by atoms with Gasteiger partial charge in [-0.3, -0.25) is 14.4 Å². The molecule has 26 heavy (non-hydrogen) atoms. The van der Waals surface area contributed by atoms with Gasteiger partial charge in [0.15, 0.2) is 0 Å². The summed E-state index contributed by atoms with van der Waals surface area (Å²) >= 11 is 0. The van der Waals surface area contributed by atoms with Crippen LogP contribution in [0.1, 0.15) is 29.9 Å². The first kappa shape index (κ1) is 18.2. The van der Waals surface area contributed by atoms with Crippen LogP contribution < -0.4 is 0 Å². The summed E-state index contributed by atoms with van der Waals surface area (Å²) in [6.45, 7) is 5.48. The van der Waals surface area contributed by atoms with E-state index in [0.717, 1.165) is 11.1 Å². The largest absolute Gasteiger partial charge is 0.468 e.